The minimum atomic E-state index is -4.74. The number of carbonyl (C=O) groups is 1. The number of rotatable bonds is 4. The number of ether oxygens (including phenoxy) is 1. The van der Waals surface area contributed by atoms with E-state index < -0.39 is 75.9 Å². The zero-order valence-corrected chi connectivity index (χ0v) is 27.4. The van der Waals surface area contributed by atoms with Crippen molar-refractivity contribution in [2.45, 2.75) is 78.2 Å². The summed E-state index contributed by atoms with van der Waals surface area (Å²) in [5, 5.41) is 10.4. The molecule has 0 radical (unpaired) electrons. The third kappa shape index (κ3) is 6.37. The predicted octanol–water partition coefficient (Wildman–Crippen LogP) is 6.63. The molecule has 1 aliphatic rings. The Balaban J connectivity index is 1.79. The number of nitrogens with zero attached hydrogens (tertiary/aromatic N) is 6. The Morgan fingerprint density at radius 1 is 1.04 bits per heavy atom. The van der Waals surface area contributed by atoms with E-state index in [-0.39, 0.29) is 41.2 Å². The molecule has 5 rings (SSSR count). The van der Waals surface area contributed by atoms with Gasteiger partial charge >= 0.3 is 18.0 Å². The fourth-order valence-corrected chi connectivity index (χ4v) is 5.78. The van der Waals surface area contributed by atoms with Gasteiger partial charge in [-0.2, -0.15) is 18.2 Å². The fourth-order valence-electron chi connectivity index (χ4n) is 5.78. The molecule has 0 bridgehead atoms. The molecule has 48 heavy (non-hydrogen) atoms. The number of halogens is 5. The number of aromatic nitrogens is 4. The lowest BCUT2D eigenvalue weighted by Gasteiger charge is -2.44. The number of phenolic OH excluding ortho intramolecular Hbond substituents is 1. The van der Waals surface area contributed by atoms with Crippen LogP contribution in [0.4, 0.5) is 32.6 Å². The summed E-state index contributed by atoms with van der Waals surface area (Å²) in [6.07, 6.45) is -4.12. The predicted molar refractivity (Wildman–Crippen MR) is 168 cm³/mol. The van der Waals surface area contributed by atoms with Crippen LogP contribution in [0.2, 0.25) is 0 Å². The largest absolute Gasteiger partial charge is 0.507 e. The van der Waals surface area contributed by atoms with Crippen LogP contribution in [0.5, 0.6) is 5.75 Å². The van der Waals surface area contributed by atoms with Crippen LogP contribution < -0.4 is 10.6 Å². The molecular weight excluding hydrogens is 639 g/mol. The highest BCUT2D eigenvalue weighted by Gasteiger charge is 2.41. The molecule has 3 aromatic heterocycles. The van der Waals surface area contributed by atoms with E-state index in [0.29, 0.717) is 0 Å². The number of benzene rings is 1. The number of hydrogen-bond acceptors (Lipinski definition) is 8. The second kappa shape index (κ2) is 12.3. The van der Waals surface area contributed by atoms with E-state index in [0.717, 1.165) is 29.7 Å². The van der Waals surface area contributed by atoms with Crippen LogP contribution in [0.15, 0.2) is 41.3 Å². The molecule has 1 fully saturated rings. The normalized spacial score (nSPS) is 17.9. The lowest BCUT2D eigenvalue weighted by Crippen LogP contribution is -2.59. The highest BCUT2D eigenvalue weighted by molar-refractivity contribution is 5.91. The molecule has 1 aliphatic heterocycles. The quantitative estimate of drug-likeness (QED) is 0.240. The molecule has 0 spiro atoms. The van der Waals surface area contributed by atoms with Crippen molar-refractivity contribution in [3.05, 3.63) is 69.9 Å². The second-order valence-corrected chi connectivity index (χ2v) is 13.0. The number of amides is 1. The number of phenols is 1. The number of piperazine rings is 1. The van der Waals surface area contributed by atoms with E-state index in [1.165, 1.54) is 30.2 Å². The Kier molecular flexibility index (Phi) is 8.86. The van der Waals surface area contributed by atoms with Crippen LogP contribution >= 0.6 is 0 Å². The Hall–Kier alpha value is -4.82. The highest BCUT2D eigenvalue weighted by atomic mass is 19.4. The number of carbonyl (C=O) groups excluding carboxylic acids is 1. The van der Waals surface area contributed by atoms with Crippen molar-refractivity contribution < 1.29 is 36.6 Å². The van der Waals surface area contributed by atoms with Gasteiger partial charge in [-0.3, -0.25) is 4.98 Å². The van der Waals surface area contributed by atoms with E-state index in [2.05, 4.69) is 15.0 Å². The maximum absolute atomic E-state index is 16.0. The summed E-state index contributed by atoms with van der Waals surface area (Å²) >= 11 is 0. The molecule has 3 atom stereocenters. The van der Waals surface area contributed by atoms with E-state index >= 15 is 8.78 Å². The van der Waals surface area contributed by atoms with Gasteiger partial charge in [-0.15, -0.1) is 0 Å². The van der Waals surface area contributed by atoms with Crippen molar-refractivity contribution in [3.8, 4) is 22.7 Å². The van der Waals surface area contributed by atoms with Crippen LogP contribution in [0.25, 0.3) is 28.0 Å². The molecule has 15 heteroatoms. The number of aromatic hydroxyl groups is 1. The van der Waals surface area contributed by atoms with Crippen molar-refractivity contribution in [2.24, 2.45) is 0 Å². The van der Waals surface area contributed by atoms with Gasteiger partial charge in [-0.1, -0.05) is 6.07 Å². The van der Waals surface area contributed by atoms with Gasteiger partial charge in [-0.05, 0) is 78.3 Å². The van der Waals surface area contributed by atoms with Crippen LogP contribution in [-0.2, 0) is 4.74 Å². The summed E-state index contributed by atoms with van der Waals surface area (Å²) in [6, 6.07) is 4.69. The monoisotopic (exact) mass is 674 g/mol. The molecule has 0 saturated carbocycles. The average molecular weight is 675 g/mol. The molecular formula is C33H35F5N6O4. The van der Waals surface area contributed by atoms with Crippen LogP contribution in [0.1, 0.15) is 58.7 Å². The van der Waals surface area contributed by atoms with Crippen molar-refractivity contribution in [2.75, 3.05) is 18.0 Å². The summed E-state index contributed by atoms with van der Waals surface area (Å²) in [6.45, 7) is 11.3. The van der Waals surface area contributed by atoms with Crippen LogP contribution in [0.3, 0.4) is 0 Å². The summed E-state index contributed by atoms with van der Waals surface area (Å²) in [5.41, 5.74) is -3.99. The number of alkyl halides is 3. The molecule has 1 N–H and O–H groups in total. The topological polar surface area (TPSA) is 114 Å². The third-order valence-corrected chi connectivity index (χ3v) is 8.19. The van der Waals surface area contributed by atoms with Gasteiger partial charge in [0.15, 0.2) is 11.5 Å². The highest BCUT2D eigenvalue weighted by Crippen LogP contribution is 2.39. The first-order chi connectivity index (χ1) is 22.3. The average Bonchev–Trinajstić information content (AvgIpc) is 2.97. The van der Waals surface area contributed by atoms with Crippen molar-refractivity contribution >= 4 is 22.9 Å². The third-order valence-electron chi connectivity index (χ3n) is 8.19. The smallest absolute Gasteiger partial charge is 0.410 e. The molecule has 4 aromatic rings. The minimum absolute atomic E-state index is 0.0443. The molecule has 0 aliphatic carbocycles. The Morgan fingerprint density at radius 2 is 1.73 bits per heavy atom. The van der Waals surface area contributed by atoms with Gasteiger partial charge < -0.3 is 19.6 Å². The standard InChI is InChI=1S/C33H35F5N6O4/c1-16-11-12-39-25(19(4)33(36,37)38)27(16)44-29-20(13-22(35)26(40-29)24-21(34)9-8-10-23(24)45)28(41-30(44)46)42-14-18(3)43(15-17(42)2)31(47)48-32(5,6)7/h8-13,17-19,45H,14-15H2,1-7H3/t17-,18+,19-/m0/s1. The first-order valence-corrected chi connectivity index (χ1v) is 15.2. The van der Waals surface area contributed by atoms with Gasteiger partial charge in [0, 0.05) is 31.4 Å². The van der Waals surface area contributed by atoms with Gasteiger partial charge in [-0.25, -0.2) is 27.9 Å². The van der Waals surface area contributed by atoms with E-state index in [4.69, 9.17) is 4.74 Å². The maximum Gasteiger partial charge on any atom is 0.410 e. The Bertz CT molecular complexity index is 1940. The maximum atomic E-state index is 16.0. The van der Waals surface area contributed by atoms with Crippen LogP contribution in [-0.4, -0.2) is 72.6 Å². The molecule has 4 heterocycles. The van der Waals surface area contributed by atoms with E-state index in [1.807, 2.05) is 0 Å². The van der Waals surface area contributed by atoms with Crippen molar-refractivity contribution in [1.29, 1.82) is 0 Å². The second-order valence-electron chi connectivity index (χ2n) is 13.0. The number of anilines is 1. The number of aryl methyl sites for hydroxylation is 1. The van der Waals surface area contributed by atoms with Gasteiger partial charge in [0.25, 0.3) is 0 Å². The number of fused-ring (bicyclic) bond motifs is 1. The summed E-state index contributed by atoms with van der Waals surface area (Å²) in [7, 11) is 0. The van der Waals surface area contributed by atoms with Crippen molar-refractivity contribution in [3.63, 3.8) is 0 Å². The first-order valence-electron chi connectivity index (χ1n) is 15.2. The lowest BCUT2D eigenvalue weighted by atomic mass is 10.0. The molecule has 10 nitrogen and oxygen atoms in total. The van der Waals surface area contributed by atoms with Crippen molar-refractivity contribution in [1.82, 2.24) is 24.4 Å². The minimum Gasteiger partial charge on any atom is -0.507 e. The van der Waals surface area contributed by atoms with E-state index in [9.17, 15) is 27.9 Å². The molecule has 0 unspecified atom stereocenters. The summed E-state index contributed by atoms with van der Waals surface area (Å²) in [4.78, 5) is 42.7. The van der Waals surface area contributed by atoms with E-state index in [1.54, 1.807) is 39.5 Å². The van der Waals surface area contributed by atoms with Crippen LogP contribution in [0, 0.1) is 18.6 Å². The molecule has 1 saturated heterocycles. The van der Waals surface area contributed by atoms with Gasteiger partial charge in [0.1, 0.15) is 28.7 Å². The van der Waals surface area contributed by atoms with Gasteiger partial charge in [0.05, 0.1) is 28.2 Å². The number of pyridine rings is 2. The zero-order valence-electron chi connectivity index (χ0n) is 27.4. The fraction of sp³-hybridized carbons (Fsp3) is 0.424. The molecule has 256 valence electrons. The Labute approximate surface area is 272 Å². The molecule has 1 amide bonds. The molecule has 1 aromatic carbocycles. The SMILES string of the molecule is Cc1ccnc([C@H](C)C(F)(F)F)c1-n1c(=O)nc(N2C[C@@H](C)N(C(=O)OC(C)(C)C)C[C@@H]2C)c2cc(F)c(-c3c(O)cccc3F)nc21. The first kappa shape index (κ1) is 34.5. The zero-order chi connectivity index (χ0) is 35.5. The Morgan fingerprint density at radius 3 is 2.35 bits per heavy atom. The summed E-state index contributed by atoms with van der Waals surface area (Å²) in [5.74, 6) is -4.93. The van der Waals surface area contributed by atoms with Gasteiger partial charge in [0.2, 0.25) is 0 Å². The number of hydrogen-bond donors (Lipinski definition) is 1. The lowest BCUT2D eigenvalue weighted by molar-refractivity contribution is -0.147. The summed E-state index contributed by atoms with van der Waals surface area (Å²) < 4.78 is 79.5.